The molecule has 6 rings (SSSR count). The van der Waals surface area contributed by atoms with Crippen molar-refractivity contribution in [3.05, 3.63) is 81.9 Å². The van der Waals surface area contributed by atoms with Crippen LogP contribution in [0.5, 0.6) is 0 Å². The maximum absolute atomic E-state index is 14.9. The minimum Gasteiger partial charge on any atom is -0.408 e. The normalized spacial score (nSPS) is 12.9. The summed E-state index contributed by atoms with van der Waals surface area (Å²) in [5, 5.41) is 2.16. The van der Waals surface area contributed by atoms with Crippen LogP contribution in [0.15, 0.2) is 62.9 Å². The van der Waals surface area contributed by atoms with Gasteiger partial charge in [0, 0.05) is 23.7 Å². The van der Waals surface area contributed by atoms with Crippen molar-refractivity contribution in [2.75, 3.05) is 4.72 Å². The van der Waals surface area contributed by atoms with Gasteiger partial charge in [0.1, 0.15) is 17.0 Å². The molecule has 0 aliphatic heterocycles. The van der Waals surface area contributed by atoms with Crippen LogP contribution in [-0.4, -0.2) is 22.3 Å². The average molecular weight is 468 g/mol. The lowest BCUT2D eigenvalue weighted by molar-refractivity contribution is 0.517. The van der Waals surface area contributed by atoms with Crippen LogP contribution >= 0.6 is 11.5 Å². The van der Waals surface area contributed by atoms with Gasteiger partial charge in [0.2, 0.25) is 5.13 Å². The molecule has 0 amide bonds. The number of nitrogens with zero attached hydrogens (tertiary/aromatic N) is 3. The van der Waals surface area contributed by atoms with Gasteiger partial charge in [-0.25, -0.2) is 22.6 Å². The van der Waals surface area contributed by atoms with Gasteiger partial charge in [-0.15, -0.1) is 0 Å². The molecule has 0 saturated carbocycles. The molecule has 2 heterocycles. The number of sulfonamides is 1. The summed E-state index contributed by atoms with van der Waals surface area (Å²) >= 11 is 0.817. The molecule has 160 valence electrons. The van der Waals surface area contributed by atoms with E-state index in [1.165, 1.54) is 22.0 Å². The lowest BCUT2D eigenvalue weighted by Gasteiger charge is -2.09. The number of rotatable bonds is 5. The summed E-state index contributed by atoms with van der Waals surface area (Å²) < 4.78 is 52.5. The lowest BCUT2D eigenvalue weighted by Crippen LogP contribution is -2.16. The summed E-state index contributed by atoms with van der Waals surface area (Å²) in [5.41, 5.74) is 3.59. The molecule has 0 fully saturated rings. The van der Waals surface area contributed by atoms with Gasteiger partial charge in [0.05, 0.1) is 12.1 Å². The number of hydrogen-bond acceptors (Lipinski definition) is 7. The van der Waals surface area contributed by atoms with Crippen LogP contribution < -0.4 is 10.5 Å². The highest BCUT2D eigenvalue weighted by atomic mass is 32.2. The molecule has 1 aliphatic rings. The molecule has 8 nitrogen and oxygen atoms in total. The Morgan fingerprint density at radius 3 is 2.91 bits per heavy atom. The lowest BCUT2D eigenvalue weighted by atomic mass is 10.0. The summed E-state index contributed by atoms with van der Waals surface area (Å²) in [6.45, 7) is 0.175. The fourth-order valence-electron chi connectivity index (χ4n) is 3.98. The van der Waals surface area contributed by atoms with Crippen molar-refractivity contribution in [3.63, 3.8) is 0 Å². The third-order valence-corrected chi connectivity index (χ3v) is 7.56. The van der Waals surface area contributed by atoms with Crippen LogP contribution in [0.2, 0.25) is 0 Å². The number of fused-ring (bicyclic) bond motifs is 4. The molecule has 5 aromatic rings. The van der Waals surface area contributed by atoms with Crippen LogP contribution in [0.3, 0.4) is 0 Å². The molecule has 0 radical (unpaired) electrons. The fraction of sp³-hybridized carbons (Fsp3) is 0.0952. The molecule has 11 heteroatoms. The van der Waals surface area contributed by atoms with E-state index in [2.05, 4.69) is 20.1 Å². The standard InChI is InChI=1S/C21H13FN4O4S2/c22-15-7-16-17(8-18(15)32(28,29)25-20-23-10-24-31-20)30-21(27)26(16)9-13-3-1-2-11-4-5-12-6-14(12)19(11)13/h1-5,7-8,10H,6,9H2,(H,23,24,25). The third-order valence-electron chi connectivity index (χ3n) is 5.50. The highest BCUT2D eigenvalue weighted by Gasteiger charge is 2.25. The summed E-state index contributed by atoms with van der Waals surface area (Å²) in [6.07, 6.45) is 2.10. The smallest absolute Gasteiger partial charge is 0.408 e. The molecular formula is C21H13FN4O4S2. The number of anilines is 1. The van der Waals surface area contributed by atoms with E-state index >= 15 is 0 Å². The van der Waals surface area contributed by atoms with E-state index in [0.29, 0.717) is 0 Å². The Labute approximate surface area is 184 Å². The van der Waals surface area contributed by atoms with E-state index < -0.39 is 26.5 Å². The van der Waals surface area contributed by atoms with E-state index in [9.17, 15) is 17.6 Å². The number of benzene rings is 3. The molecule has 0 bridgehead atoms. The van der Waals surface area contributed by atoms with Gasteiger partial charge >= 0.3 is 5.76 Å². The van der Waals surface area contributed by atoms with Crippen molar-refractivity contribution in [2.45, 2.75) is 17.9 Å². The van der Waals surface area contributed by atoms with Crippen molar-refractivity contribution >= 4 is 48.6 Å². The molecule has 2 aromatic heterocycles. The van der Waals surface area contributed by atoms with Crippen molar-refractivity contribution in [3.8, 4) is 0 Å². The zero-order valence-electron chi connectivity index (χ0n) is 16.2. The van der Waals surface area contributed by atoms with Crippen LogP contribution in [0.1, 0.15) is 16.7 Å². The highest BCUT2D eigenvalue weighted by molar-refractivity contribution is 7.93. The average Bonchev–Trinajstić information content (AvgIpc) is 3.28. The predicted molar refractivity (Wildman–Crippen MR) is 117 cm³/mol. The molecule has 0 atom stereocenters. The zero-order chi connectivity index (χ0) is 22.0. The van der Waals surface area contributed by atoms with E-state index in [-0.39, 0.29) is 22.8 Å². The van der Waals surface area contributed by atoms with Crippen molar-refractivity contribution in [1.29, 1.82) is 0 Å². The molecule has 1 aliphatic carbocycles. The van der Waals surface area contributed by atoms with E-state index in [1.54, 1.807) is 0 Å². The second kappa shape index (κ2) is 6.71. The summed E-state index contributed by atoms with van der Waals surface area (Å²) in [6, 6.07) is 12.0. The Hall–Kier alpha value is -3.57. The topological polar surface area (TPSA) is 107 Å². The van der Waals surface area contributed by atoms with Crippen molar-refractivity contribution in [2.24, 2.45) is 0 Å². The first-order chi connectivity index (χ1) is 15.4. The Bertz CT molecular complexity index is 1710. The van der Waals surface area contributed by atoms with Gasteiger partial charge in [-0.1, -0.05) is 30.3 Å². The molecular weight excluding hydrogens is 455 g/mol. The number of halogens is 1. The first-order valence-electron chi connectivity index (χ1n) is 9.55. The quantitative estimate of drug-likeness (QED) is 0.415. The van der Waals surface area contributed by atoms with Gasteiger partial charge in [-0.3, -0.25) is 9.29 Å². The van der Waals surface area contributed by atoms with Crippen molar-refractivity contribution in [1.82, 2.24) is 13.9 Å². The van der Waals surface area contributed by atoms with Crippen molar-refractivity contribution < 1.29 is 17.2 Å². The maximum atomic E-state index is 14.9. The first kappa shape index (κ1) is 19.1. The highest BCUT2D eigenvalue weighted by Crippen LogP contribution is 2.37. The number of hydrogen-bond donors (Lipinski definition) is 1. The van der Waals surface area contributed by atoms with E-state index in [4.69, 9.17) is 4.42 Å². The Balaban J connectivity index is 1.45. The number of oxazole rings is 1. The second-order valence-corrected chi connectivity index (χ2v) is 9.88. The molecule has 1 N–H and O–H groups in total. The minimum absolute atomic E-state index is 0.000158. The summed E-state index contributed by atoms with van der Waals surface area (Å²) in [7, 11) is -4.28. The minimum atomic E-state index is -4.28. The molecule has 32 heavy (non-hydrogen) atoms. The Kier molecular flexibility index (Phi) is 4.01. The largest absolute Gasteiger partial charge is 0.420 e. The third kappa shape index (κ3) is 3.00. The summed E-state index contributed by atoms with van der Waals surface area (Å²) in [5.74, 6) is -1.70. The van der Waals surface area contributed by atoms with Crippen LogP contribution in [-0.2, 0) is 23.0 Å². The number of nitrogens with one attached hydrogen (secondary N) is 1. The first-order valence-corrected chi connectivity index (χ1v) is 11.8. The van der Waals surface area contributed by atoms with Gasteiger partial charge in [-0.05, 0) is 33.9 Å². The van der Waals surface area contributed by atoms with E-state index in [1.807, 2.05) is 24.3 Å². The van der Waals surface area contributed by atoms with Crippen LogP contribution in [0.25, 0.3) is 21.9 Å². The molecule has 0 saturated heterocycles. The predicted octanol–water partition coefficient (Wildman–Crippen LogP) is 3.49. The summed E-state index contributed by atoms with van der Waals surface area (Å²) in [4.78, 5) is 15.7. The Morgan fingerprint density at radius 2 is 2.09 bits per heavy atom. The van der Waals surface area contributed by atoms with Crippen LogP contribution in [0, 0.1) is 5.82 Å². The van der Waals surface area contributed by atoms with E-state index in [0.717, 1.165) is 46.4 Å². The van der Waals surface area contributed by atoms with Gasteiger partial charge in [0.25, 0.3) is 10.0 Å². The maximum Gasteiger partial charge on any atom is 0.420 e. The SMILES string of the molecule is O=c1oc2cc(S(=O)(=O)Nc3ncns3)c(F)cc2n1Cc1cccc2ccc3c(c12)C3. The second-order valence-electron chi connectivity index (χ2n) is 7.45. The molecule has 0 spiro atoms. The van der Waals surface area contributed by atoms with Gasteiger partial charge < -0.3 is 4.42 Å². The van der Waals surface area contributed by atoms with Gasteiger partial charge in [0.15, 0.2) is 5.58 Å². The molecule has 0 unspecified atom stereocenters. The van der Waals surface area contributed by atoms with Gasteiger partial charge in [-0.2, -0.15) is 4.37 Å². The number of aromatic nitrogens is 3. The monoisotopic (exact) mass is 468 g/mol. The Morgan fingerprint density at radius 1 is 1.22 bits per heavy atom. The zero-order valence-corrected chi connectivity index (χ0v) is 17.8. The molecule has 3 aromatic carbocycles. The van der Waals surface area contributed by atoms with Crippen LogP contribution in [0.4, 0.5) is 9.52 Å². The fourth-order valence-corrected chi connectivity index (χ4v) is 5.72.